The summed E-state index contributed by atoms with van der Waals surface area (Å²) in [6, 6.07) is 10.9. The van der Waals surface area contributed by atoms with Crippen LogP contribution in [-0.2, 0) is 25.9 Å². The van der Waals surface area contributed by atoms with Crippen LogP contribution >= 0.6 is 0 Å². The van der Waals surface area contributed by atoms with Crippen molar-refractivity contribution in [1.29, 1.82) is 0 Å². The van der Waals surface area contributed by atoms with Crippen molar-refractivity contribution in [3.05, 3.63) is 70.4 Å². The van der Waals surface area contributed by atoms with Crippen LogP contribution in [0, 0.1) is 18.6 Å². The van der Waals surface area contributed by atoms with E-state index < -0.39 is 11.6 Å². The molecule has 0 N–H and O–H groups in total. The molecule has 3 aromatic rings. The van der Waals surface area contributed by atoms with Gasteiger partial charge in [0, 0.05) is 48.2 Å². The zero-order chi connectivity index (χ0) is 18.4. The first kappa shape index (κ1) is 17.2. The van der Waals surface area contributed by atoms with Crippen molar-refractivity contribution in [1.82, 2.24) is 9.47 Å². The molecular weight excluding hydrogens is 330 g/mol. The fraction of sp³-hybridized carbons (Fsp3) is 0.364. The molecule has 0 radical (unpaired) electrons. The first-order valence-electron chi connectivity index (χ1n) is 9.19. The van der Waals surface area contributed by atoms with Crippen molar-refractivity contribution in [3.63, 3.8) is 0 Å². The van der Waals surface area contributed by atoms with Gasteiger partial charge in [0.25, 0.3) is 0 Å². The third kappa shape index (κ3) is 2.92. The number of halogens is 2. The molecule has 1 atom stereocenters. The third-order valence-electron chi connectivity index (χ3n) is 5.71. The summed E-state index contributed by atoms with van der Waals surface area (Å²) < 4.78 is 29.5. The van der Waals surface area contributed by atoms with Crippen LogP contribution in [0.25, 0.3) is 10.9 Å². The van der Waals surface area contributed by atoms with E-state index in [2.05, 4.69) is 48.6 Å². The number of hydrogen-bond acceptors (Lipinski definition) is 1. The lowest BCUT2D eigenvalue weighted by molar-refractivity contribution is 0.228. The summed E-state index contributed by atoms with van der Waals surface area (Å²) in [5.74, 6) is -0.985. The lowest BCUT2D eigenvalue weighted by Gasteiger charge is -2.31. The summed E-state index contributed by atoms with van der Waals surface area (Å²) >= 11 is 0. The zero-order valence-corrected chi connectivity index (χ0v) is 15.5. The fourth-order valence-corrected chi connectivity index (χ4v) is 4.05. The van der Waals surface area contributed by atoms with E-state index in [1.807, 2.05) is 0 Å². The highest BCUT2D eigenvalue weighted by Gasteiger charge is 2.26. The maximum atomic E-state index is 14.0. The molecular formula is C22H24F2N2. The van der Waals surface area contributed by atoms with Crippen molar-refractivity contribution in [3.8, 4) is 0 Å². The maximum absolute atomic E-state index is 14.0. The molecule has 0 bridgehead atoms. The van der Waals surface area contributed by atoms with Gasteiger partial charge in [-0.15, -0.1) is 0 Å². The molecule has 2 nitrogen and oxygen atoms in total. The SMILES string of the molecule is Cc1ccc2c(c1)c1c(n2CCc2ccc(F)cc2F)CC(C)N(C)C1. The smallest absolute Gasteiger partial charge is 0.129 e. The molecule has 26 heavy (non-hydrogen) atoms. The monoisotopic (exact) mass is 354 g/mol. The summed E-state index contributed by atoms with van der Waals surface area (Å²) in [5.41, 5.74) is 5.78. The van der Waals surface area contributed by atoms with Crippen molar-refractivity contribution in [2.75, 3.05) is 7.05 Å². The third-order valence-corrected chi connectivity index (χ3v) is 5.71. The van der Waals surface area contributed by atoms with Gasteiger partial charge < -0.3 is 4.57 Å². The van der Waals surface area contributed by atoms with Crippen molar-refractivity contribution >= 4 is 10.9 Å². The average molecular weight is 354 g/mol. The highest BCUT2D eigenvalue weighted by atomic mass is 19.1. The molecule has 1 aromatic heterocycles. The van der Waals surface area contributed by atoms with E-state index in [1.54, 1.807) is 6.07 Å². The van der Waals surface area contributed by atoms with E-state index in [0.29, 0.717) is 24.6 Å². The Labute approximate surface area is 153 Å². The minimum absolute atomic E-state index is 0.459. The largest absolute Gasteiger partial charge is 0.344 e. The molecule has 1 aliphatic heterocycles. The molecule has 4 rings (SSSR count). The van der Waals surface area contributed by atoms with Gasteiger partial charge in [-0.25, -0.2) is 8.78 Å². The van der Waals surface area contributed by atoms with Gasteiger partial charge in [-0.1, -0.05) is 17.7 Å². The van der Waals surface area contributed by atoms with Gasteiger partial charge in [-0.3, -0.25) is 4.90 Å². The maximum Gasteiger partial charge on any atom is 0.129 e. The molecule has 0 amide bonds. The Hall–Kier alpha value is -2.20. The average Bonchev–Trinajstić information content (AvgIpc) is 2.87. The van der Waals surface area contributed by atoms with Crippen LogP contribution < -0.4 is 0 Å². The Balaban J connectivity index is 1.75. The molecule has 4 heteroatoms. The van der Waals surface area contributed by atoms with Gasteiger partial charge in [0.1, 0.15) is 11.6 Å². The number of aryl methyl sites for hydroxylation is 3. The predicted molar refractivity (Wildman–Crippen MR) is 101 cm³/mol. The minimum Gasteiger partial charge on any atom is -0.344 e. The van der Waals surface area contributed by atoms with E-state index >= 15 is 0 Å². The van der Waals surface area contributed by atoms with Crippen molar-refractivity contribution in [2.24, 2.45) is 0 Å². The van der Waals surface area contributed by atoms with Crippen LogP contribution in [0.5, 0.6) is 0 Å². The Bertz CT molecular complexity index is 974. The highest BCUT2D eigenvalue weighted by molar-refractivity contribution is 5.86. The van der Waals surface area contributed by atoms with Crippen LogP contribution in [0.4, 0.5) is 8.78 Å². The van der Waals surface area contributed by atoms with E-state index in [4.69, 9.17) is 0 Å². The molecule has 0 saturated heterocycles. The standard InChI is InChI=1S/C22H24F2N2/c1-14-4-7-21-18(10-14)19-13-25(3)15(2)11-22(19)26(21)9-8-16-5-6-17(23)12-20(16)24/h4-7,10,12,15H,8-9,11,13H2,1-3H3. The van der Waals surface area contributed by atoms with Crippen LogP contribution in [-0.4, -0.2) is 22.6 Å². The summed E-state index contributed by atoms with van der Waals surface area (Å²) in [6.07, 6.45) is 1.55. The molecule has 1 unspecified atom stereocenters. The van der Waals surface area contributed by atoms with Gasteiger partial charge in [-0.2, -0.15) is 0 Å². The number of aromatic nitrogens is 1. The minimum atomic E-state index is -0.526. The Morgan fingerprint density at radius 2 is 1.92 bits per heavy atom. The van der Waals surface area contributed by atoms with Crippen LogP contribution in [0.3, 0.4) is 0 Å². The van der Waals surface area contributed by atoms with Gasteiger partial charge in [0.05, 0.1) is 0 Å². The number of nitrogens with zero attached hydrogens (tertiary/aromatic N) is 2. The van der Waals surface area contributed by atoms with Crippen LogP contribution in [0.2, 0.25) is 0 Å². The van der Waals surface area contributed by atoms with E-state index in [-0.39, 0.29) is 0 Å². The van der Waals surface area contributed by atoms with Gasteiger partial charge in [0.15, 0.2) is 0 Å². The van der Waals surface area contributed by atoms with Gasteiger partial charge in [-0.05, 0) is 56.6 Å². The number of likely N-dealkylation sites (N-methyl/N-ethyl adjacent to an activating group) is 1. The summed E-state index contributed by atoms with van der Waals surface area (Å²) in [5, 5.41) is 1.30. The fourth-order valence-electron chi connectivity index (χ4n) is 4.05. The molecule has 2 aromatic carbocycles. The molecule has 136 valence electrons. The lowest BCUT2D eigenvalue weighted by atomic mass is 9.99. The molecule has 2 heterocycles. The molecule has 0 aliphatic carbocycles. The molecule has 0 saturated carbocycles. The second kappa shape index (κ2) is 6.51. The first-order valence-corrected chi connectivity index (χ1v) is 9.19. The quantitative estimate of drug-likeness (QED) is 0.653. The van der Waals surface area contributed by atoms with E-state index in [0.717, 1.165) is 19.0 Å². The number of fused-ring (bicyclic) bond motifs is 3. The molecule has 0 fully saturated rings. The molecule has 0 spiro atoms. The summed E-state index contributed by atoms with van der Waals surface area (Å²) in [6.45, 7) is 6.00. The number of hydrogen-bond donors (Lipinski definition) is 0. The molecule has 1 aliphatic rings. The second-order valence-electron chi connectivity index (χ2n) is 7.55. The number of benzene rings is 2. The second-order valence-corrected chi connectivity index (χ2v) is 7.55. The predicted octanol–water partition coefficient (Wildman–Crippen LogP) is 4.85. The summed E-state index contributed by atoms with van der Waals surface area (Å²) in [7, 11) is 2.17. The lowest BCUT2D eigenvalue weighted by Crippen LogP contribution is -2.35. The normalized spacial score (nSPS) is 17.7. The van der Waals surface area contributed by atoms with E-state index in [9.17, 15) is 8.78 Å². The Kier molecular flexibility index (Phi) is 4.31. The Morgan fingerprint density at radius 3 is 2.69 bits per heavy atom. The topological polar surface area (TPSA) is 8.17 Å². The highest BCUT2D eigenvalue weighted by Crippen LogP contribution is 2.33. The van der Waals surface area contributed by atoms with Crippen molar-refractivity contribution in [2.45, 2.75) is 45.8 Å². The van der Waals surface area contributed by atoms with Gasteiger partial charge >= 0.3 is 0 Å². The van der Waals surface area contributed by atoms with E-state index in [1.165, 1.54) is 33.8 Å². The van der Waals surface area contributed by atoms with Crippen molar-refractivity contribution < 1.29 is 8.78 Å². The van der Waals surface area contributed by atoms with Crippen LogP contribution in [0.15, 0.2) is 36.4 Å². The zero-order valence-electron chi connectivity index (χ0n) is 15.5. The van der Waals surface area contributed by atoms with Crippen LogP contribution in [0.1, 0.15) is 29.3 Å². The first-order chi connectivity index (χ1) is 12.4. The van der Waals surface area contributed by atoms with Gasteiger partial charge in [0.2, 0.25) is 0 Å². The number of rotatable bonds is 3. The summed E-state index contributed by atoms with van der Waals surface area (Å²) in [4.78, 5) is 2.38. The Morgan fingerprint density at radius 1 is 1.12 bits per heavy atom.